The number of carbonyl (C=O) groups is 2. The molecule has 6 rings (SSSR count). The Bertz CT molecular complexity index is 2050. The molecule has 0 bridgehead atoms. The van der Waals surface area contributed by atoms with Crippen LogP contribution in [0.4, 0.5) is 5.82 Å². The van der Waals surface area contributed by atoms with Gasteiger partial charge < -0.3 is 55.7 Å². The predicted octanol–water partition coefficient (Wildman–Crippen LogP) is -2.11. The van der Waals surface area contributed by atoms with Gasteiger partial charge in [-0.15, -0.1) is 11.3 Å². The Balaban J connectivity index is 1.10. The fourth-order valence-electron chi connectivity index (χ4n) is 5.37. The number of aliphatic hydroxyl groups is 4. The topological polar surface area (TPSA) is 338 Å². The van der Waals surface area contributed by atoms with Gasteiger partial charge in [-0.1, -0.05) is 0 Å². The number of rotatable bonds is 13. The van der Waals surface area contributed by atoms with Crippen molar-refractivity contribution in [3.05, 3.63) is 53.4 Å². The van der Waals surface area contributed by atoms with Crippen molar-refractivity contribution in [2.24, 2.45) is 5.73 Å². The number of ether oxygens (including phenoxy) is 2. The van der Waals surface area contributed by atoms with Crippen molar-refractivity contribution >= 4 is 56.2 Å². The summed E-state index contributed by atoms with van der Waals surface area (Å²) < 4.78 is 52.5. The average molecular weight is 774 g/mol. The molecule has 2 saturated heterocycles. The molecule has 2 aliphatic rings. The van der Waals surface area contributed by atoms with Gasteiger partial charge in [-0.3, -0.25) is 23.2 Å². The number of amides is 1. The molecule has 274 valence electrons. The molecule has 25 heteroatoms. The zero-order valence-electron chi connectivity index (χ0n) is 25.7. The molecule has 10 atom stereocenters. The van der Waals surface area contributed by atoms with Crippen molar-refractivity contribution in [2.45, 2.75) is 49.1 Å². The number of pyridine rings is 1. The summed E-state index contributed by atoms with van der Waals surface area (Å²) in [7, 11) is -11.2. The minimum atomic E-state index is -5.68. The molecule has 1 amide bonds. The summed E-state index contributed by atoms with van der Waals surface area (Å²) in [5, 5.41) is 42.5. The highest BCUT2D eigenvalue weighted by Crippen LogP contribution is 2.58. The van der Waals surface area contributed by atoms with Crippen LogP contribution in [0.2, 0.25) is 0 Å². The molecule has 51 heavy (non-hydrogen) atoms. The highest BCUT2D eigenvalue weighted by Gasteiger charge is 2.50. The number of fused-ring (bicyclic) bond motifs is 1. The van der Waals surface area contributed by atoms with Crippen LogP contribution < -0.4 is 20.9 Å². The maximum atomic E-state index is 12.6. The van der Waals surface area contributed by atoms with Gasteiger partial charge in [0.2, 0.25) is 0 Å². The number of nitrogen functional groups attached to an aromatic ring is 1. The van der Waals surface area contributed by atoms with Crippen molar-refractivity contribution < 1.29 is 76.3 Å². The first-order chi connectivity index (χ1) is 24.1. The molecule has 0 spiro atoms. The first-order valence-corrected chi connectivity index (χ1v) is 18.4. The van der Waals surface area contributed by atoms with Crippen molar-refractivity contribution in [1.29, 1.82) is 0 Å². The maximum absolute atomic E-state index is 12.6. The van der Waals surface area contributed by atoms with Crippen LogP contribution in [0.5, 0.6) is 0 Å². The van der Waals surface area contributed by atoms with Gasteiger partial charge >= 0.3 is 7.82 Å². The number of nitrogens with two attached hydrogens (primary N) is 2. The summed E-state index contributed by atoms with van der Waals surface area (Å²) in [6.45, 7) is -1.98. The lowest BCUT2D eigenvalue weighted by atomic mass is 10.1. The molecule has 2 aliphatic heterocycles. The monoisotopic (exact) mass is 773 g/mol. The number of carbonyl (C=O) groups excluding carboxylic acids is 2. The van der Waals surface area contributed by atoms with E-state index in [1.165, 1.54) is 39.7 Å². The molecule has 0 aromatic carbocycles. The Morgan fingerprint density at radius 1 is 1.06 bits per heavy atom. The van der Waals surface area contributed by atoms with Crippen LogP contribution in [0.15, 0.2) is 43.0 Å². The Hall–Kier alpha value is -3.64. The fourth-order valence-corrected chi connectivity index (χ4v) is 8.24. The van der Waals surface area contributed by atoms with Crippen molar-refractivity contribution in [3.63, 3.8) is 0 Å². The standard InChI is InChI=1S/C26H29N7O15P2S/c27-21-16-24(30-10-29-21)33(23(31-16)15-4-3-12(7-34)51-15)26-20(38)18(36)14(47-26)9-45-50(42,43)48-49(40,41)44-8-13-17(35)19(37)25(46-13)32-5-1-2-11(6-32)22(28)39/h1-7,10,13-14,17-20,25-26,35-38H,8-9H2,(H5-,27,28,29,30,34,39,40,41,42,43)/t13-,14-,17-,18-,19-,20-,25-,26-/m1/s1. The predicted molar refractivity (Wildman–Crippen MR) is 166 cm³/mol. The van der Waals surface area contributed by atoms with E-state index in [1.807, 2.05) is 0 Å². The van der Waals surface area contributed by atoms with E-state index in [-0.39, 0.29) is 28.4 Å². The molecule has 0 radical (unpaired) electrons. The lowest BCUT2D eigenvalue weighted by Gasteiger charge is -2.26. The van der Waals surface area contributed by atoms with Gasteiger partial charge in [0.25, 0.3) is 20.0 Å². The number of anilines is 1. The largest absolute Gasteiger partial charge is 0.756 e. The number of primary amides is 1. The Morgan fingerprint density at radius 3 is 2.47 bits per heavy atom. The third kappa shape index (κ3) is 7.63. The number of phosphoric ester groups is 2. The van der Waals surface area contributed by atoms with E-state index in [2.05, 4.69) is 23.8 Å². The second-order valence-electron chi connectivity index (χ2n) is 11.1. The van der Waals surface area contributed by atoms with Crippen LogP contribution >= 0.6 is 27.0 Å². The number of nitrogens with zero attached hydrogens (tertiary/aromatic N) is 5. The number of hydrogen-bond donors (Lipinski definition) is 7. The smallest absolute Gasteiger partial charge is 0.478 e. The van der Waals surface area contributed by atoms with Crippen LogP contribution in [-0.4, -0.2) is 107 Å². The summed E-state index contributed by atoms with van der Waals surface area (Å²) in [5.41, 5.74) is 11.5. The zero-order valence-corrected chi connectivity index (χ0v) is 28.3. The third-order valence-electron chi connectivity index (χ3n) is 7.80. The third-order valence-corrected chi connectivity index (χ3v) is 11.4. The molecule has 2 fully saturated rings. The van der Waals surface area contributed by atoms with Crippen molar-refractivity contribution in [1.82, 2.24) is 19.5 Å². The lowest BCUT2D eigenvalue weighted by Crippen LogP contribution is -2.46. The van der Waals surface area contributed by atoms with Gasteiger partial charge in [-0.05, 0) is 18.2 Å². The molecule has 0 aliphatic carbocycles. The van der Waals surface area contributed by atoms with Gasteiger partial charge in [-0.2, -0.15) is 4.57 Å². The first-order valence-electron chi connectivity index (χ1n) is 14.6. The van der Waals surface area contributed by atoms with Crippen LogP contribution in [-0.2, 0) is 32.0 Å². The van der Waals surface area contributed by atoms with Gasteiger partial charge in [0.15, 0.2) is 53.8 Å². The minimum Gasteiger partial charge on any atom is -0.756 e. The van der Waals surface area contributed by atoms with Crippen LogP contribution in [0.25, 0.3) is 21.9 Å². The SMILES string of the molecule is NC(=O)c1ccc[n+]([C@@H]2O[C@H](COP(=O)([O-])OP(=O)(O)OC[C@H]3O[C@@H](n4c(-c5ccc(C=O)s5)nc5c(N)ncnc54)[C@H](O)[C@@H]3O)[C@@H](O)[C@H]2O)c1. The van der Waals surface area contributed by atoms with E-state index in [1.54, 1.807) is 6.07 Å². The van der Waals surface area contributed by atoms with Crippen LogP contribution in [0.1, 0.15) is 32.5 Å². The highest BCUT2D eigenvalue weighted by atomic mass is 32.1. The molecular formula is C26H29N7O15P2S. The number of thiophene rings is 1. The van der Waals surface area contributed by atoms with E-state index in [0.29, 0.717) is 16.0 Å². The second kappa shape index (κ2) is 14.4. The number of aliphatic hydroxyl groups excluding tert-OH is 4. The first kappa shape index (κ1) is 37.1. The summed E-state index contributed by atoms with van der Waals surface area (Å²) in [6, 6.07) is 5.90. The van der Waals surface area contributed by atoms with E-state index in [4.69, 9.17) is 25.5 Å². The number of phosphoric acid groups is 2. The number of aromatic nitrogens is 5. The number of hydrogen-bond acceptors (Lipinski definition) is 19. The molecule has 22 nitrogen and oxygen atoms in total. The Morgan fingerprint density at radius 2 is 1.76 bits per heavy atom. The van der Waals surface area contributed by atoms with Crippen LogP contribution in [0.3, 0.4) is 0 Å². The maximum Gasteiger partial charge on any atom is 0.478 e. The molecular weight excluding hydrogens is 744 g/mol. The Labute approximate surface area is 289 Å². The molecule has 9 N–H and O–H groups in total. The summed E-state index contributed by atoms with van der Waals surface area (Å²) >= 11 is 1.04. The average Bonchev–Trinajstić information content (AvgIpc) is 3.84. The van der Waals surface area contributed by atoms with Crippen LogP contribution in [0, 0.1) is 0 Å². The van der Waals surface area contributed by atoms with Crippen molar-refractivity contribution in [2.75, 3.05) is 18.9 Å². The van der Waals surface area contributed by atoms with Gasteiger partial charge in [0.05, 0.1) is 23.0 Å². The summed E-state index contributed by atoms with van der Waals surface area (Å²) in [4.78, 5) is 58.7. The molecule has 2 unspecified atom stereocenters. The van der Waals surface area contributed by atoms with E-state index in [0.717, 1.165) is 17.7 Å². The van der Waals surface area contributed by atoms with E-state index in [9.17, 15) is 48.9 Å². The molecule has 4 aromatic heterocycles. The van der Waals surface area contributed by atoms with E-state index < -0.39 is 83.8 Å². The minimum absolute atomic E-state index is 0.0263. The normalized spacial score (nSPS) is 28.8. The quantitative estimate of drug-likeness (QED) is 0.0434. The van der Waals surface area contributed by atoms with Crippen molar-refractivity contribution in [3.8, 4) is 10.7 Å². The second-order valence-corrected chi connectivity index (χ2v) is 15.3. The Kier molecular flexibility index (Phi) is 10.5. The van der Waals surface area contributed by atoms with Gasteiger partial charge in [0.1, 0.15) is 42.4 Å². The van der Waals surface area contributed by atoms with E-state index >= 15 is 0 Å². The summed E-state index contributed by atoms with van der Waals surface area (Å²) in [6.07, 6.45) is -8.27. The zero-order chi connectivity index (χ0) is 36.8. The van der Waals surface area contributed by atoms with Gasteiger partial charge in [-0.25, -0.2) is 23.8 Å². The molecule has 4 aromatic rings. The molecule has 6 heterocycles. The highest BCUT2D eigenvalue weighted by molar-refractivity contribution is 7.60. The summed E-state index contributed by atoms with van der Waals surface area (Å²) in [5.74, 6) is -0.684. The fraction of sp³-hybridized carbons (Fsp3) is 0.385. The number of imidazole rings is 1. The lowest BCUT2D eigenvalue weighted by molar-refractivity contribution is -0.765. The number of aldehydes is 1. The van der Waals surface area contributed by atoms with Gasteiger partial charge in [0, 0.05) is 6.07 Å². The molecule has 0 saturated carbocycles.